The third-order valence-electron chi connectivity index (χ3n) is 4.20. The van der Waals surface area contributed by atoms with Crippen LogP contribution in [0, 0.1) is 11.8 Å². The number of nitrogens with one attached hydrogen (secondary N) is 2. The van der Waals surface area contributed by atoms with Gasteiger partial charge in [0.15, 0.2) is 0 Å². The van der Waals surface area contributed by atoms with Crippen LogP contribution in [0.4, 0.5) is 5.82 Å². The van der Waals surface area contributed by atoms with E-state index < -0.39 is 0 Å². The van der Waals surface area contributed by atoms with Crippen molar-refractivity contribution in [1.82, 2.24) is 10.3 Å². The SMILES string of the molecule is CC1CCC(CNC(=O)c2cc(NN)nc(C(C)C)c2)C1. The fourth-order valence-corrected chi connectivity index (χ4v) is 2.90. The lowest BCUT2D eigenvalue weighted by atomic mass is 10.1. The van der Waals surface area contributed by atoms with E-state index in [0.29, 0.717) is 17.3 Å². The first-order valence-electron chi connectivity index (χ1n) is 7.76. The number of carbonyl (C=O) groups excluding carboxylic acids is 1. The van der Waals surface area contributed by atoms with Gasteiger partial charge in [-0.2, -0.15) is 0 Å². The molecule has 1 aliphatic rings. The largest absolute Gasteiger partial charge is 0.352 e. The molecule has 2 rings (SSSR count). The van der Waals surface area contributed by atoms with Crippen LogP contribution in [-0.2, 0) is 0 Å². The van der Waals surface area contributed by atoms with Crippen LogP contribution in [0.5, 0.6) is 0 Å². The number of pyridine rings is 1. The van der Waals surface area contributed by atoms with E-state index in [1.807, 2.05) is 19.9 Å². The molecule has 1 saturated carbocycles. The summed E-state index contributed by atoms with van der Waals surface area (Å²) in [4.78, 5) is 16.7. The van der Waals surface area contributed by atoms with E-state index in [2.05, 4.69) is 22.7 Å². The number of amides is 1. The van der Waals surface area contributed by atoms with Crippen molar-refractivity contribution in [2.24, 2.45) is 17.7 Å². The molecule has 1 aromatic heterocycles. The zero-order chi connectivity index (χ0) is 15.4. The van der Waals surface area contributed by atoms with Crippen molar-refractivity contribution in [3.8, 4) is 0 Å². The molecule has 1 aromatic rings. The van der Waals surface area contributed by atoms with E-state index in [-0.39, 0.29) is 11.8 Å². The monoisotopic (exact) mass is 290 g/mol. The van der Waals surface area contributed by atoms with Crippen LogP contribution in [0.1, 0.15) is 62.0 Å². The van der Waals surface area contributed by atoms with E-state index in [4.69, 9.17) is 5.84 Å². The number of aromatic nitrogens is 1. The number of carbonyl (C=O) groups is 1. The molecule has 1 fully saturated rings. The Bertz CT molecular complexity index is 501. The van der Waals surface area contributed by atoms with Crippen molar-refractivity contribution in [2.75, 3.05) is 12.0 Å². The van der Waals surface area contributed by atoms with Crippen molar-refractivity contribution in [2.45, 2.75) is 46.0 Å². The maximum absolute atomic E-state index is 12.3. The molecule has 0 bridgehead atoms. The van der Waals surface area contributed by atoms with Gasteiger partial charge < -0.3 is 10.7 Å². The summed E-state index contributed by atoms with van der Waals surface area (Å²) in [5.41, 5.74) is 4.01. The Hall–Kier alpha value is -1.62. The maximum Gasteiger partial charge on any atom is 0.251 e. The first-order valence-corrected chi connectivity index (χ1v) is 7.76. The highest BCUT2D eigenvalue weighted by molar-refractivity contribution is 5.95. The molecule has 4 N–H and O–H groups in total. The summed E-state index contributed by atoms with van der Waals surface area (Å²) in [6, 6.07) is 3.54. The Morgan fingerprint density at radius 2 is 2.19 bits per heavy atom. The molecule has 0 spiro atoms. The van der Waals surface area contributed by atoms with Gasteiger partial charge in [0.1, 0.15) is 5.82 Å². The summed E-state index contributed by atoms with van der Waals surface area (Å²) in [5.74, 6) is 7.56. The lowest BCUT2D eigenvalue weighted by Crippen LogP contribution is -2.29. The van der Waals surface area contributed by atoms with Crippen molar-refractivity contribution >= 4 is 11.7 Å². The van der Waals surface area contributed by atoms with Crippen LogP contribution in [0.25, 0.3) is 0 Å². The van der Waals surface area contributed by atoms with Crippen LogP contribution in [0.15, 0.2) is 12.1 Å². The Kier molecular flexibility index (Phi) is 5.17. The number of hydrogen-bond donors (Lipinski definition) is 3. The quantitative estimate of drug-likeness (QED) is 0.575. The molecule has 1 aliphatic carbocycles. The molecule has 1 heterocycles. The minimum absolute atomic E-state index is 0.0460. The molecule has 116 valence electrons. The maximum atomic E-state index is 12.3. The fourth-order valence-electron chi connectivity index (χ4n) is 2.90. The van der Waals surface area contributed by atoms with Gasteiger partial charge in [-0.15, -0.1) is 0 Å². The van der Waals surface area contributed by atoms with Gasteiger partial charge >= 0.3 is 0 Å². The minimum atomic E-state index is -0.0460. The Morgan fingerprint density at radius 1 is 1.43 bits per heavy atom. The van der Waals surface area contributed by atoms with E-state index in [1.54, 1.807) is 6.07 Å². The van der Waals surface area contributed by atoms with Crippen LogP contribution in [-0.4, -0.2) is 17.4 Å². The molecule has 2 atom stereocenters. The highest BCUT2D eigenvalue weighted by Crippen LogP contribution is 2.29. The van der Waals surface area contributed by atoms with Gasteiger partial charge in [-0.25, -0.2) is 10.8 Å². The number of nitrogen functional groups attached to an aromatic ring is 1. The van der Waals surface area contributed by atoms with Crippen molar-refractivity contribution in [1.29, 1.82) is 0 Å². The van der Waals surface area contributed by atoms with Gasteiger partial charge in [0.25, 0.3) is 5.91 Å². The van der Waals surface area contributed by atoms with Crippen LogP contribution >= 0.6 is 0 Å². The summed E-state index contributed by atoms with van der Waals surface area (Å²) >= 11 is 0. The second-order valence-electron chi connectivity index (χ2n) is 6.46. The lowest BCUT2D eigenvalue weighted by molar-refractivity contribution is 0.0947. The van der Waals surface area contributed by atoms with Gasteiger partial charge in [-0.05, 0) is 42.7 Å². The lowest BCUT2D eigenvalue weighted by Gasteiger charge is -2.13. The number of hydrazine groups is 1. The summed E-state index contributed by atoms with van der Waals surface area (Å²) in [7, 11) is 0. The number of hydrogen-bond acceptors (Lipinski definition) is 4. The van der Waals surface area contributed by atoms with Crippen molar-refractivity contribution in [3.05, 3.63) is 23.4 Å². The molecule has 0 radical (unpaired) electrons. The predicted molar refractivity (Wildman–Crippen MR) is 85.0 cm³/mol. The third kappa shape index (κ3) is 4.17. The topological polar surface area (TPSA) is 80.0 Å². The molecule has 1 amide bonds. The van der Waals surface area contributed by atoms with Gasteiger partial charge in [-0.1, -0.05) is 27.2 Å². The van der Waals surface area contributed by atoms with Crippen LogP contribution in [0.3, 0.4) is 0 Å². The summed E-state index contributed by atoms with van der Waals surface area (Å²) in [6.45, 7) is 7.13. The van der Waals surface area contributed by atoms with Crippen molar-refractivity contribution in [3.63, 3.8) is 0 Å². The molecule has 0 saturated heterocycles. The normalized spacial score (nSPS) is 21.6. The van der Waals surface area contributed by atoms with Gasteiger partial charge in [0, 0.05) is 17.8 Å². The standard InChI is InChI=1S/C16H26N4O/c1-10(2)14-7-13(8-15(19-14)20-17)16(21)18-9-12-5-4-11(3)6-12/h7-8,10-12H,4-6,9,17H2,1-3H3,(H,18,21)(H,19,20). The number of anilines is 1. The van der Waals surface area contributed by atoms with E-state index >= 15 is 0 Å². The zero-order valence-corrected chi connectivity index (χ0v) is 13.1. The van der Waals surface area contributed by atoms with Gasteiger partial charge in [0.05, 0.1) is 0 Å². The van der Waals surface area contributed by atoms with Gasteiger partial charge in [0.2, 0.25) is 0 Å². The summed E-state index contributed by atoms with van der Waals surface area (Å²) in [5, 5.41) is 3.04. The molecular formula is C16H26N4O. The number of nitrogens with two attached hydrogens (primary N) is 1. The Labute approximate surface area is 126 Å². The average Bonchev–Trinajstić information content (AvgIpc) is 2.89. The smallest absolute Gasteiger partial charge is 0.251 e. The third-order valence-corrected chi connectivity index (χ3v) is 4.20. The number of rotatable bonds is 5. The summed E-state index contributed by atoms with van der Waals surface area (Å²) in [6.07, 6.45) is 3.70. The first kappa shape index (κ1) is 15.8. The Morgan fingerprint density at radius 3 is 2.76 bits per heavy atom. The molecule has 0 aromatic carbocycles. The second-order valence-corrected chi connectivity index (χ2v) is 6.46. The molecule has 5 heteroatoms. The Balaban J connectivity index is 2.02. The molecule has 5 nitrogen and oxygen atoms in total. The molecule has 2 unspecified atom stereocenters. The minimum Gasteiger partial charge on any atom is -0.352 e. The molecular weight excluding hydrogens is 264 g/mol. The van der Waals surface area contributed by atoms with Crippen LogP contribution < -0.4 is 16.6 Å². The average molecular weight is 290 g/mol. The van der Waals surface area contributed by atoms with Gasteiger partial charge in [-0.3, -0.25) is 4.79 Å². The predicted octanol–water partition coefficient (Wildman–Crippen LogP) is 2.66. The number of nitrogens with zero attached hydrogens (tertiary/aromatic N) is 1. The van der Waals surface area contributed by atoms with E-state index in [1.165, 1.54) is 19.3 Å². The van der Waals surface area contributed by atoms with Crippen LogP contribution in [0.2, 0.25) is 0 Å². The highest BCUT2D eigenvalue weighted by Gasteiger charge is 2.22. The van der Waals surface area contributed by atoms with E-state index in [0.717, 1.165) is 18.2 Å². The fraction of sp³-hybridized carbons (Fsp3) is 0.625. The van der Waals surface area contributed by atoms with E-state index in [9.17, 15) is 4.79 Å². The zero-order valence-electron chi connectivity index (χ0n) is 13.1. The summed E-state index contributed by atoms with van der Waals surface area (Å²) < 4.78 is 0. The van der Waals surface area contributed by atoms with Crippen molar-refractivity contribution < 1.29 is 4.79 Å². The molecule has 0 aliphatic heterocycles. The second kappa shape index (κ2) is 6.89. The highest BCUT2D eigenvalue weighted by atomic mass is 16.1. The molecule has 21 heavy (non-hydrogen) atoms. The first-order chi connectivity index (χ1) is 9.99.